The van der Waals surface area contributed by atoms with E-state index in [9.17, 15) is 0 Å². The summed E-state index contributed by atoms with van der Waals surface area (Å²) < 4.78 is 3.20. The highest BCUT2D eigenvalue weighted by atomic mass is 79.9. The first-order valence-electron chi connectivity index (χ1n) is 6.98. The Balaban J connectivity index is 2.19. The van der Waals surface area contributed by atoms with Gasteiger partial charge >= 0.3 is 0 Å². The maximum Gasteiger partial charge on any atom is 0.0663 e. The highest BCUT2D eigenvalue weighted by Gasteiger charge is 2.11. The van der Waals surface area contributed by atoms with Crippen molar-refractivity contribution < 1.29 is 0 Å². The molecule has 0 radical (unpaired) electrons. The lowest BCUT2D eigenvalue weighted by Crippen LogP contribution is -2.22. The fourth-order valence-electron chi connectivity index (χ4n) is 2.26. The predicted molar refractivity (Wildman–Crippen MR) is 86.9 cm³/mol. The Labute approximate surface area is 129 Å². The Morgan fingerprint density at radius 2 is 2.05 bits per heavy atom. The Bertz CT molecular complexity index is 587. The molecule has 0 aliphatic carbocycles. The summed E-state index contributed by atoms with van der Waals surface area (Å²) in [5.74, 6) is 0. The molecule has 0 saturated heterocycles. The summed E-state index contributed by atoms with van der Waals surface area (Å²) in [5, 5.41) is 8.14. The van der Waals surface area contributed by atoms with Crippen LogP contribution in [0.2, 0.25) is 0 Å². The van der Waals surface area contributed by atoms with Crippen molar-refractivity contribution in [1.29, 1.82) is 0 Å². The highest BCUT2D eigenvalue weighted by Crippen LogP contribution is 2.17. The normalized spacial score (nSPS) is 11.3. The van der Waals surface area contributed by atoms with E-state index in [1.807, 2.05) is 6.07 Å². The minimum Gasteiger partial charge on any atom is -0.310 e. The first-order valence-corrected chi connectivity index (χ1v) is 7.77. The standard InChI is InChI=1S/C16H22BrN3/c1-11(2)18-9-16-12(3)19-20(13(16)4)10-14-6-5-7-15(17)8-14/h5-8,11,18H,9-10H2,1-4H3. The van der Waals surface area contributed by atoms with Gasteiger partial charge in [0.25, 0.3) is 0 Å². The van der Waals surface area contributed by atoms with Gasteiger partial charge < -0.3 is 5.32 Å². The minimum absolute atomic E-state index is 0.488. The largest absolute Gasteiger partial charge is 0.310 e. The van der Waals surface area contributed by atoms with E-state index < -0.39 is 0 Å². The molecule has 0 aliphatic rings. The van der Waals surface area contributed by atoms with E-state index in [4.69, 9.17) is 0 Å². The van der Waals surface area contributed by atoms with Crippen LogP contribution in [0.15, 0.2) is 28.7 Å². The molecular formula is C16H22BrN3. The van der Waals surface area contributed by atoms with E-state index >= 15 is 0 Å². The number of nitrogens with one attached hydrogen (secondary N) is 1. The molecule has 0 unspecified atom stereocenters. The van der Waals surface area contributed by atoms with Crippen molar-refractivity contribution in [2.75, 3.05) is 0 Å². The van der Waals surface area contributed by atoms with E-state index in [0.29, 0.717) is 6.04 Å². The summed E-state index contributed by atoms with van der Waals surface area (Å²) in [7, 11) is 0. The quantitative estimate of drug-likeness (QED) is 0.900. The van der Waals surface area contributed by atoms with E-state index in [1.165, 1.54) is 16.8 Å². The summed E-state index contributed by atoms with van der Waals surface area (Å²) in [6, 6.07) is 8.87. The van der Waals surface area contributed by atoms with Crippen LogP contribution >= 0.6 is 15.9 Å². The van der Waals surface area contributed by atoms with Gasteiger partial charge in [0.05, 0.1) is 12.2 Å². The van der Waals surface area contributed by atoms with Gasteiger partial charge in [-0.2, -0.15) is 5.10 Å². The molecule has 0 aliphatic heterocycles. The molecule has 4 heteroatoms. The van der Waals surface area contributed by atoms with Crippen molar-refractivity contribution in [3.8, 4) is 0 Å². The van der Waals surface area contributed by atoms with Crippen molar-refractivity contribution in [3.63, 3.8) is 0 Å². The molecule has 0 atom stereocenters. The highest BCUT2D eigenvalue weighted by molar-refractivity contribution is 9.10. The third-order valence-corrected chi connectivity index (χ3v) is 3.93. The first kappa shape index (κ1) is 15.3. The maximum absolute atomic E-state index is 4.67. The molecule has 2 rings (SSSR count). The third-order valence-electron chi connectivity index (χ3n) is 3.44. The zero-order chi connectivity index (χ0) is 14.7. The van der Waals surface area contributed by atoms with E-state index in [0.717, 1.165) is 23.3 Å². The fourth-order valence-corrected chi connectivity index (χ4v) is 2.70. The number of nitrogens with zero attached hydrogens (tertiary/aromatic N) is 2. The SMILES string of the molecule is Cc1nn(Cc2cccc(Br)c2)c(C)c1CNC(C)C. The monoisotopic (exact) mass is 335 g/mol. The zero-order valence-corrected chi connectivity index (χ0v) is 14.2. The molecule has 1 aromatic carbocycles. The molecule has 1 N–H and O–H groups in total. The second-order valence-electron chi connectivity index (χ2n) is 5.47. The fraction of sp³-hybridized carbons (Fsp3) is 0.438. The van der Waals surface area contributed by atoms with Gasteiger partial charge in [-0.15, -0.1) is 0 Å². The average molecular weight is 336 g/mol. The van der Waals surface area contributed by atoms with Crippen LogP contribution in [0, 0.1) is 13.8 Å². The lowest BCUT2D eigenvalue weighted by molar-refractivity contribution is 0.584. The van der Waals surface area contributed by atoms with Crippen LogP contribution in [0.5, 0.6) is 0 Å². The molecule has 0 saturated carbocycles. The van der Waals surface area contributed by atoms with Crippen molar-refractivity contribution in [3.05, 3.63) is 51.3 Å². The van der Waals surface area contributed by atoms with Crippen molar-refractivity contribution in [2.24, 2.45) is 0 Å². The minimum atomic E-state index is 0.488. The molecule has 3 nitrogen and oxygen atoms in total. The summed E-state index contributed by atoms with van der Waals surface area (Å²) in [4.78, 5) is 0. The van der Waals surface area contributed by atoms with Gasteiger partial charge in [-0.1, -0.05) is 41.9 Å². The zero-order valence-electron chi connectivity index (χ0n) is 12.6. The molecule has 20 heavy (non-hydrogen) atoms. The van der Waals surface area contributed by atoms with E-state index in [2.05, 4.69) is 76.9 Å². The Kier molecular flexibility index (Phi) is 5.00. The second kappa shape index (κ2) is 6.55. The van der Waals surface area contributed by atoms with Crippen LogP contribution in [0.3, 0.4) is 0 Å². The summed E-state index contributed by atoms with van der Waals surface area (Å²) in [5.41, 5.74) is 4.93. The number of hydrogen-bond donors (Lipinski definition) is 1. The summed E-state index contributed by atoms with van der Waals surface area (Å²) in [6.07, 6.45) is 0. The Morgan fingerprint density at radius 3 is 2.70 bits per heavy atom. The van der Waals surface area contributed by atoms with Crippen molar-refractivity contribution in [2.45, 2.75) is 46.8 Å². The molecule has 1 aromatic heterocycles. The van der Waals surface area contributed by atoms with E-state index in [-0.39, 0.29) is 0 Å². The van der Waals surface area contributed by atoms with Gasteiger partial charge in [-0.05, 0) is 31.5 Å². The summed E-state index contributed by atoms with van der Waals surface area (Å²) in [6.45, 7) is 10.3. The smallest absolute Gasteiger partial charge is 0.0663 e. The molecule has 0 fully saturated rings. The number of aromatic nitrogens is 2. The number of halogens is 1. The third kappa shape index (κ3) is 3.70. The molecule has 0 amide bonds. The molecule has 108 valence electrons. The molecule has 2 aromatic rings. The van der Waals surface area contributed by atoms with Crippen LogP contribution in [0.4, 0.5) is 0 Å². The first-order chi connectivity index (χ1) is 9.47. The number of benzene rings is 1. The molecular weight excluding hydrogens is 314 g/mol. The number of aryl methyl sites for hydroxylation is 1. The van der Waals surface area contributed by atoms with Crippen LogP contribution < -0.4 is 5.32 Å². The maximum atomic E-state index is 4.67. The summed E-state index contributed by atoms with van der Waals surface area (Å²) >= 11 is 3.51. The molecule has 1 heterocycles. The van der Waals surface area contributed by atoms with Gasteiger partial charge in [-0.25, -0.2) is 0 Å². The van der Waals surface area contributed by atoms with Gasteiger partial charge in [0.1, 0.15) is 0 Å². The van der Waals surface area contributed by atoms with Gasteiger partial charge in [0.2, 0.25) is 0 Å². The van der Waals surface area contributed by atoms with E-state index in [1.54, 1.807) is 0 Å². The second-order valence-corrected chi connectivity index (χ2v) is 6.39. The van der Waals surface area contributed by atoms with Gasteiger partial charge in [-0.3, -0.25) is 4.68 Å². The van der Waals surface area contributed by atoms with Gasteiger partial charge in [0.15, 0.2) is 0 Å². The molecule has 0 spiro atoms. The molecule has 0 bridgehead atoms. The topological polar surface area (TPSA) is 29.9 Å². The Hall–Kier alpha value is -1.13. The van der Waals surface area contributed by atoms with Crippen LogP contribution in [0.1, 0.15) is 36.4 Å². The Morgan fingerprint density at radius 1 is 1.30 bits per heavy atom. The average Bonchev–Trinajstić information content (AvgIpc) is 2.62. The van der Waals surface area contributed by atoms with Crippen LogP contribution in [-0.2, 0) is 13.1 Å². The van der Waals surface area contributed by atoms with Crippen LogP contribution in [-0.4, -0.2) is 15.8 Å². The number of hydrogen-bond acceptors (Lipinski definition) is 2. The predicted octanol–water partition coefficient (Wildman–Crippen LogP) is 3.81. The van der Waals surface area contributed by atoms with Crippen molar-refractivity contribution >= 4 is 15.9 Å². The number of rotatable bonds is 5. The lowest BCUT2D eigenvalue weighted by Gasteiger charge is -2.09. The lowest BCUT2D eigenvalue weighted by atomic mass is 10.2. The van der Waals surface area contributed by atoms with Gasteiger partial charge in [0, 0.05) is 28.3 Å². The van der Waals surface area contributed by atoms with Crippen molar-refractivity contribution in [1.82, 2.24) is 15.1 Å². The van der Waals surface area contributed by atoms with Crippen LogP contribution in [0.25, 0.3) is 0 Å².